The molecule has 1 saturated carbocycles. The predicted molar refractivity (Wildman–Crippen MR) is 168 cm³/mol. The number of likely N-dealkylation sites (tertiary alicyclic amines) is 1. The Morgan fingerprint density at radius 1 is 1.24 bits per heavy atom. The van der Waals surface area contributed by atoms with E-state index in [1.165, 1.54) is 25.3 Å². The fourth-order valence-electron chi connectivity index (χ4n) is 7.25. The first-order chi connectivity index (χ1) is 21.9. The summed E-state index contributed by atoms with van der Waals surface area (Å²) in [6.45, 7) is 0.395. The topological polar surface area (TPSA) is 157 Å². The number of rotatable bonds is 9. The molecule has 11 nitrogen and oxygen atoms in total. The van der Waals surface area contributed by atoms with E-state index >= 15 is 4.39 Å². The van der Waals surface area contributed by atoms with Crippen LogP contribution in [0.1, 0.15) is 58.3 Å². The van der Waals surface area contributed by atoms with E-state index in [4.69, 9.17) is 38.4 Å². The molecule has 0 aromatic heterocycles. The molecule has 1 saturated heterocycles. The Bertz CT molecular complexity index is 1760. The number of hydrogen-bond acceptors (Lipinski definition) is 9. The van der Waals surface area contributed by atoms with E-state index in [1.54, 1.807) is 30.3 Å². The highest BCUT2D eigenvalue weighted by Crippen LogP contribution is 2.59. The van der Waals surface area contributed by atoms with Crippen molar-refractivity contribution in [2.45, 2.75) is 48.9 Å². The average Bonchev–Trinajstić information content (AvgIpc) is 3.77. The van der Waals surface area contributed by atoms with Gasteiger partial charge >= 0.3 is 11.7 Å². The van der Waals surface area contributed by atoms with Gasteiger partial charge in [-0.1, -0.05) is 41.4 Å². The van der Waals surface area contributed by atoms with Gasteiger partial charge in [-0.2, -0.15) is 0 Å². The van der Waals surface area contributed by atoms with Crippen molar-refractivity contribution in [3.8, 4) is 5.75 Å². The van der Waals surface area contributed by atoms with Gasteiger partial charge in [0.05, 0.1) is 35.8 Å². The molecule has 2 aliphatic heterocycles. The van der Waals surface area contributed by atoms with Gasteiger partial charge in [-0.3, -0.25) is 19.8 Å². The number of methoxy groups -OCH3 is 2. The average molecular weight is 674 g/mol. The van der Waals surface area contributed by atoms with E-state index in [0.29, 0.717) is 22.8 Å². The number of carbonyl (C=O) groups is 2. The molecule has 3 aliphatic rings. The van der Waals surface area contributed by atoms with Crippen molar-refractivity contribution in [3.05, 3.63) is 96.8 Å². The molecule has 14 heteroatoms. The van der Waals surface area contributed by atoms with Crippen LogP contribution in [0.25, 0.3) is 0 Å². The van der Waals surface area contributed by atoms with Crippen LogP contribution in [0.4, 0.5) is 15.8 Å². The summed E-state index contributed by atoms with van der Waals surface area (Å²) in [5.41, 5.74) is 5.74. The molecule has 0 bridgehead atoms. The lowest BCUT2D eigenvalue weighted by Gasteiger charge is -2.40. The van der Waals surface area contributed by atoms with Crippen molar-refractivity contribution in [2.24, 2.45) is 11.7 Å². The van der Waals surface area contributed by atoms with E-state index in [0.717, 1.165) is 20.0 Å². The monoisotopic (exact) mass is 672 g/mol. The smallest absolute Gasteiger partial charge is 0.341 e. The molecule has 5 atom stereocenters. The number of aliphatic hydroxyl groups is 1. The highest BCUT2D eigenvalue weighted by molar-refractivity contribution is 6.31. The fourth-order valence-corrected chi connectivity index (χ4v) is 7.60. The van der Waals surface area contributed by atoms with Gasteiger partial charge in [0.25, 0.3) is 0 Å². The number of nitro benzene ring substituents is 1. The van der Waals surface area contributed by atoms with Crippen molar-refractivity contribution in [1.82, 2.24) is 4.90 Å². The van der Waals surface area contributed by atoms with Crippen molar-refractivity contribution < 1.29 is 33.5 Å². The Labute approximate surface area is 273 Å². The number of nitrogens with one attached hydrogen (secondary N) is 1. The number of anilines is 1. The second-order valence-corrected chi connectivity index (χ2v) is 12.7. The van der Waals surface area contributed by atoms with Gasteiger partial charge in [-0.05, 0) is 61.1 Å². The lowest BCUT2D eigenvalue weighted by atomic mass is 9.73. The molecular weight excluding hydrogens is 642 g/mol. The third-order valence-corrected chi connectivity index (χ3v) is 9.89. The van der Waals surface area contributed by atoms with Crippen LogP contribution in [0.15, 0.2) is 48.5 Å². The Kier molecular flexibility index (Phi) is 8.45. The van der Waals surface area contributed by atoms with Gasteiger partial charge in [0, 0.05) is 40.8 Å². The van der Waals surface area contributed by atoms with Crippen molar-refractivity contribution >= 4 is 46.5 Å². The second-order valence-electron chi connectivity index (χ2n) is 11.9. The van der Waals surface area contributed by atoms with Crippen LogP contribution in [-0.4, -0.2) is 59.7 Å². The number of amides is 1. The first kappa shape index (κ1) is 32.1. The van der Waals surface area contributed by atoms with E-state index in [9.17, 15) is 24.8 Å². The van der Waals surface area contributed by atoms with Gasteiger partial charge in [0.1, 0.15) is 16.9 Å². The van der Waals surface area contributed by atoms with E-state index < -0.39 is 57.9 Å². The number of nitro groups is 1. The first-order valence-corrected chi connectivity index (χ1v) is 15.4. The molecule has 1 unspecified atom stereocenters. The Morgan fingerprint density at radius 3 is 2.63 bits per heavy atom. The minimum absolute atomic E-state index is 0.123. The van der Waals surface area contributed by atoms with Crippen LogP contribution >= 0.6 is 23.2 Å². The molecule has 0 radical (unpaired) electrons. The standard InChI is InChI=1S/C32H31Cl2FN4O7/c1-45-29-19(30(41)46-2)10-9-17(28(29)39(43)44)24(40)13-23-27(36)25(18-4-3-5-21(34)26(18)35)32(38(23)14-15-6-7-15)20-11-8-16(33)12-22(20)37-31(32)42/h3-5,8-12,15,23-25,27,40H,6-7,13-14,36H2,1-2H3,(H,37,42)/t23-,24?,25-,27+,32+/m0/s1. The minimum Gasteiger partial charge on any atom is -0.490 e. The summed E-state index contributed by atoms with van der Waals surface area (Å²) in [5.74, 6) is -3.13. The first-order valence-electron chi connectivity index (χ1n) is 14.6. The molecule has 2 heterocycles. The molecular formula is C32H31Cl2FN4O7. The van der Waals surface area contributed by atoms with Crippen molar-refractivity contribution in [2.75, 3.05) is 26.1 Å². The number of esters is 1. The fraction of sp³-hybridized carbons (Fsp3) is 0.375. The summed E-state index contributed by atoms with van der Waals surface area (Å²) in [5, 5.41) is 27.2. The molecule has 6 rings (SSSR count). The van der Waals surface area contributed by atoms with Crippen LogP contribution in [0.3, 0.4) is 0 Å². The summed E-state index contributed by atoms with van der Waals surface area (Å²) in [6, 6.07) is 10.3. The van der Waals surface area contributed by atoms with Crippen LogP contribution in [-0.2, 0) is 15.1 Å². The largest absolute Gasteiger partial charge is 0.490 e. The molecule has 1 spiro atoms. The number of hydrogen-bond donors (Lipinski definition) is 3. The number of nitrogens with two attached hydrogens (primary N) is 1. The highest BCUT2D eigenvalue weighted by Gasteiger charge is 2.67. The summed E-state index contributed by atoms with van der Waals surface area (Å²) in [4.78, 5) is 40.2. The Hall–Kier alpha value is -3.81. The molecule has 4 N–H and O–H groups in total. The number of aliphatic hydroxyl groups excluding tert-OH is 1. The van der Waals surface area contributed by atoms with E-state index in [-0.39, 0.29) is 39.8 Å². The molecule has 3 aromatic carbocycles. The van der Waals surface area contributed by atoms with Gasteiger partial charge in [0.2, 0.25) is 11.7 Å². The number of halogens is 3. The van der Waals surface area contributed by atoms with Crippen LogP contribution < -0.4 is 15.8 Å². The number of carbonyl (C=O) groups excluding carboxylic acids is 2. The molecule has 2 fully saturated rings. The van der Waals surface area contributed by atoms with Crippen molar-refractivity contribution in [1.29, 1.82) is 0 Å². The van der Waals surface area contributed by atoms with E-state index in [2.05, 4.69) is 5.32 Å². The second kappa shape index (κ2) is 12.1. The molecule has 3 aromatic rings. The maximum atomic E-state index is 15.9. The molecule has 1 amide bonds. The van der Waals surface area contributed by atoms with Crippen LogP contribution in [0.5, 0.6) is 5.75 Å². The zero-order valence-corrected chi connectivity index (χ0v) is 26.3. The van der Waals surface area contributed by atoms with E-state index in [1.807, 2.05) is 4.90 Å². The SMILES string of the molecule is COC(=O)c1ccc(C(O)C[C@H]2[C@@H](N)[C@H](c3cccc(Cl)c3F)[C@]3(C(=O)Nc4cc(Cl)ccc43)N2CC2CC2)c([N+](=O)[O-])c1OC. The molecule has 1 aliphatic carbocycles. The summed E-state index contributed by atoms with van der Waals surface area (Å²) < 4.78 is 25.9. The maximum absolute atomic E-state index is 15.9. The third kappa shape index (κ3) is 4.99. The quantitative estimate of drug-likeness (QED) is 0.156. The van der Waals surface area contributed by atoms with Gasteiger partial charge in [-0.15, -0.1) is 0 Å². The zero-order chi connectivity index (χ0) is 33.1. The summed E-state index contributed by atoms with van der Waals surface area (Å²) in [6.07, 6.45) is 0.125. The summed E-state index contributed by atoms with van der Waals surface area (Å²) in [7, 11) is 2.30. The Balaban J connectivity index is 1.52. The van der Waals surface area contributed by atoms with Crippen LogP contribution in [0.2, 0.25) is 10.0 Å². The number of nitrogens with zero attached hydrogens (tertiary/aromatic N) is 2. The molecule has 242 valence electrons. The predicted octanol–water partition coefficient (Wildman–Crippen LogP) is 5.31. The summed E-state index contributed by atoms with van der Waals surface area (Å²) >= 11 is 12.6. The molecule has 46 heavy (non-hydrogen) atoms. The zero-order valence-electron chi connectivity index (χ0n) is 24.8. The maximum Gasteiger partial charge on any atom is 0.341 e. The third-order valence-electron chi connectivity index (χ3n) is 9.37. The lowest BCUT2D eigenvalue weighted by Crippen LogP contribution is -2.53. The normalized spacial score (nSPS) is 24.5. The number of benzene rings is 3. The van der Waals surface area contributed by atoms with Crippen molar-refractivity contribution in [3.63, 3.8) is 0 Å². The number of ether oxygens (including phenoxy) is 2. The highest BCUT2D eigenvalue weighted by atomic mass is 35.5. The van der Waals surface area contributed by atoms with Gasteiger partial charge in [0.15, 0.2) is 0 Å². The number of fused-ring (bicyclic) bond motifs is 2. The lowest BCUT2D eigenvalue weighted by molar-refractivity contribution is -0.387. The minimum atomic E-state index is -1.52. The van der Waals surface area contributed by atoms with Gasteiger partial charge < -0.3 is 25.6 Å². The Morgan fingerprint density at radius 2 is 1.98 bits per heavy atom. The van der Waals surface area contributed by atoms with Gasteiger partial charge in [-0.25, -0.2) is 9.18 Å². The van der Waals surface area contributed by atoms with Crippen LogP contribution in [0, 0.1) is 21.8 Å².